The van der Waals surface area contributed by atoms with Crippen LogP contribution in [0, 0.1) is 0 Å². The topological polar surface area (TPSA) is 26.8 Å². The Balaban J connectivity index is 1.73. The Labute approximate surface area is 171 Å². The molecular weight excluding hydrogens is 379 g/mol. The van der Waals surface area contributed by atoms with E-state index in [1.54, 1.807) is 13.0 Å². The standard InChI is InChI=1S/C22H32F3N3O/c1-16-12-20(8-11-28(16)14-17(2)29)26(3)15-18-6-7-19(22(23,24)25)13-21(18)27-9-4-5-10-27/h6-7,13,16,20H,4-5,8-12,14-15H2,1-3H3/t16-,20?/m0/s1. The molecule has 0 aromatic heterocycles. The number of alkyl halides is 3. The zero-order valence-corrected chi connectivity index (χ0v) is 17.6. The van der Waals surface area contributed by atoms with Crippen molar-refractivity contribution in [3.8, 4) is 0 Å². The molecule has 2 aliphatic rings. The minimum atomic E-state index is -4.32. The zero-order chi connectivity index (χ0) is 21.2. The summed E-state index contributed by atoms with van der Waals surface area (Å²) in [5, 5.41) is 0. The predicted molar refractivity (Wildman–Crippen MR) is 109 cm³/mol. The summed E-state index contributed by atoms with van der Waals surface area (Å²) in [5.41, 5.74) is 1.12. The number of benzene rings is 1. The lowest BCUT2D eigenvalue weighted by Crippen LogP contribution is -2.49. The van der Waals surface area contributed by atoms with E-state index in [1.807, 2.05) is 0 Å². The first-order valence-corrected chi connectivity index (χ1v) is 10.5. The molecule has 0 amide bonds. The van der Waals surface area contributed by atoms with Gasteiger partial charge in [-0.3, -0.25) is 14.6 Å². The molecule has 1 aromatic rings. The van der Waals surface area contributed by atoms with Crippen molar-refractivity contribution < 1.29 is 18.0 Å². The van der Waals surface area contributed by atoms with Crippen LogP contribution in [-0.4, -0.2) is 60.9 Å². The molecule has 0 spiro atoms. The van der Waals surface area contributed by atoms with Gasteiger partial charge in [-0.25, -0.2) is 0 Å². The number of carbonyl (C=O) groups excluding carboxylic acids is 1. The molecule has 1 aromatic carbocycles. The Morgan fingerprint density at radius 3 is 2.48 bits per heavy atom. The predicted octanol–water partition coefficient (Wildman–Crippen LogP) is 4.18. The van der Waals surface area contributed by atoms with E-state index < -0.39 is 11.7 Å². The number of likely N-dealkylation sites (tertiary alicyclic amines) is 1. The van der Waals surface area contributed by atoms with Crippen LogP contribution < -0.4 is 4.90 Å². The van der Waals surface area contributed by atoms with Gasteiger partial charge in [-0.05, 0) is 64.3 Å². The van der Waals surface area contributed by atoms with E-state index >= 15 is 0 Å². The first-order chi connectivity index (χ1) is 13.6. The normalized spacial score (nSPS) is 23.8. The number of hydrogen-bond acceptors (Lipinski definition) is 4. The number of nitrogens with zero attached hydrogens (tertiary/aromatic N) is 3. The summed E-state index contributed by atoms with van der Waals surface area (Å²) in [6, 6.07) is 4.88. The highest BCUT2D eigenvalue weighted by molar-refractivity contribution is 5.77. The van der Waals surface area contributed by atoms with Crippen molar-refractivity contribution in [2.24, 2.45) is 0 Å². The number of rotatable bonds is 6. The Morgan fingerprint density at radius 1 is 1.21 bits per heavy atom. The largest absolute Gasteiger partial charge is 0.416 e. The summed E-state index contributed by atoms with van der Waals surface area (Å²) >= 11 is 0. The van der Waals surface area contributed by atoms with E-state index in [1.165, 1.54) is 12.1 Å². The van der Waals surface area contributed by atoms with Gasteiger partial charge in [0.2, 0.25) is 0 Å². The highest BCUT2D eigenvalue weighted by Crippen LogP contribution is 2.35. The number of carbonyl (C=O) groups is 1. The fraction of sp³-hybridized carbons (Fsp3) is 0.682. The number of Topliss-reactive ketones (excluding diaryl/α,β-unsaturated/α-hetero) is 1. The summed E-state index contributed by atoms with van der Waals surface area (Å²) in [6.07, 6.45) is -0.343. The maximum absolute atomic E-state index is 13.3. The first-order valence-electron chi connectivity index (χ1n) is 10.5. The molecule has 2 aliphatic heterocycles. The molecule has 2 heterocycles. The third-order valence-corrected chi connectivity index (χ3v) is 6.31. The van der Waals surface area contributed by atoms with Crippen LogP contribution in [0.25, 0.3) is 0 Å². The number of hydrogen-bond donors (Lipinski definition) is 0. The van der Waals surface area contributed by atoms with E-state index in [9.17, 15) is 18.0 Å². The maximum atomic E-state index is 13.3. The van der Waals surface area contributed by atoms with Crippen molar-refractivity contribution in [1.82, 2.24) is 9.80 Å². The van der Waals surface area contributed by atoms with E-state index in [0.29, 0.717) is 25.2 Å². The van der Waals surface area contributed by atoms with Gasteiger partial charge in [0.15, 0.2) is 0 Å². The van der Waals surface area contributed by atoms with Gasteiger partial charge in [-0.15, -0.1) is 0 Å². The smallest absolute Gasteiger partial charge is 0.371 e. The van der Waals surface area contributed by atoms with E-state index in [4.69, 9.17) is 0 Å². The number of anilines is 1. The van der Waals surface area contributed by atoms with Gasteiger partial charge in [0, 0.05) is 44.0 Å². The molecule has 3 rings (SSSR count). The lowest BCUT2D eigenvalue weighted by atomic mass is 9.96. The fourth-order valence-electron chi connectivity index (χ4n) is 4.64. The molecule has 29 heavy (non-hydrogen) atoms. The molecule has 0 N–H and O–H groups in total. The molecule has 4 nitrogen and oxygen atoms in total. The number of ketones is 1. The molecule has 7 heteroatoms. The van der Waals surface area contributed by atoms with Crippen LogP contribution in [0.5, 0.6) is 0 Å². The minimum Gasteiger partial charge on any atom is -0.371 e. The summed E-state index contributed by atoms with van der Waals surface area (Å²) in [4.78, 5) is 18.0. The molecule has 2 atom stereocenters. The van der Waals surface area contributed by atoms with Crippen LogP contribution in [0.4, 0.5) is 18.9 Å². The summed E-state index contributed by atoms with van der Waals surface area (Å²) in [5.74, 6) is 0.184. The Kier molecular flexibility index (Phi) is 6.89. The minimum absolute atomic E-state index is 0.184. The number of piperidine rings is 1. The first kappa shape index (κ1) is 22.1. The molecule has 162 valence electrons. The molecule has 0 saturated carbocycles. The fourth-order valence-corrected chi connectivity index (χ4v) is 4.64. The summed E-state index contributed by atoms with van der Waals surface area (Å²) < 4.78 is 39.8. The van der Waals surface area contributed by atoms with Crippen molar-refractivity contribution in [3.63, 3.8) is 0 Å². The van der Waals surface area contributed by atoms with Gasteiger partial charge in [-0.2, -0.15) is 13.2 Å². The average molecular weight is 412 g/mol. The molecule has 0 aliphatic carbocycles. The Bertz CT molecular complexity index is 716. The maximum Gasteiger partial charge on any atom is 0.416 e. The third-order valence-electron chi connectivity index (χ3n) is 6.31. The SMILES string of the molecule is CC(=O)CN1CCC(N(C)Cc2ccc(C(F)(F)F)cc2N2CCCC2)C[C@@H]1C. The molecule has 1 unspecified atom stereocenters. The molecular formula is C22H32F3N3O. The van der Waals surface area contributed by atoms with E-state index in [0.717, 1.165) is 56.6 Å². The molecule has 2 saturated heterocycles. The quantitative estimate of drug-likeness (QED) is 0.702. The molecule has 0 radical (unpaired) electrons. The second-order valence-electron chi connectivity index (χ2n) is 8.65. The molecule has 0 bridgehead atoms. The van der Waals surface area contributed by atoms with Crippen molar-refractivity contribution in [2.75, 3.05) is 38.1 Å². The highest BCUT2D eigenvalue weighted by atomic mass is 19.4. The lowest BCUT2D eigenvalue weighted by Gasteiger charge is -2.41. The van der Waals surface area contributed by atoms with Gasteiger partial charge in [0.1, 0.15) is 5.78 Å². The summed E-state index contributed by atoms with van der Waals surface area (Å²) in [6.45, 7) is 7.41. The third kappa shape index (κ3) is 5.51. The van der Waals surface area contributed by atoms with Gasteiger partial charge in [-0.1, -0.05) is 6.07 Å². The van der Waals surface area contributed by atoms with Gasteiger partial charge >= 0.3 is 6.18 Å². The van der Waals surface area contributed by atoms with Crippen molar-refractivity contribution in [1.29, 1.82) is 0 Å². The van der Waals surface area contributed by atoms with Crippen LogP contribution in [0.3, 0.4) is 0 Å². The second-order valence-corrected chi connectivity index (χ2v) is 8.65. The average Bonchev–Trinajstić information content (AvgIpc) is 3.17. The van der Waals surface area contributed by atoms with Crippen molar-refractivity contribution in [3.05, 3.63) is 29.3 Å². The van der Waals surface area contributed by atoms with Crippen LogP contribution in [-0.2, 0) is 17.5 Å². The van der Waals surface area contributed by atoms with Crippen LogP contribution in [0.1, 0.15) is 50.7 Å². The van der Waals surface area contributed by atoms with Crippen LogP contribution in [0.2, 0.25) is 0 Å². The highest BCUT2D eigenvalue weighted by Gasteiger charge is 2.33. The van der Waals surface area contributed by atoms with Gasteiger partial charge in [0.25, 0.3) is 0 Å². The van der Waals surface area contributed by atoms with Crippen molar-refractivity contribution in [2.45, 2.75) is 64.3 Å². The Morgan fingerprint density at radius 2 is 1.90 bits per heavy atom. The van der Waals surface area contributed by atoms with Crippen LogP contribution >= 0.6 is 0 Å². The van der Waals surface area contributed by atoms with Gasteiger partial charge < -0.3 is 4.90 Å². The van der Waals surface area contributed by atoms with E-state index in [2.05, 4.69) is 28.7 Å². The van der Waals surface area contributed by atoms with Gasteiger partial charge in [0.05, 0.1) is 12.1 Å². The van der Waals surface area contributed by atoms with Crippen LogP contribution in [0.15, 0.2) is 18.2 Å². The number of halogens is 3. The summed E-state index contributed by atoms with van der Waals surface area (Å²) in [7, 11) is 2.06. The second kappa shape index (κ2) is 9.04. The monoisotopic (exact) mass is 411 g/mol. The Hall–Kier alpha value is -1.60. The lowest BCUT2D eigenvalue weighted by molar-refractivity contribution is -0.137. The van der Waals surface area contributed by atoms with E-state index in [-0.39, 0.29) is 5.78 Å². The molecule has 2 fully saturated rings. The zero-order valence-electron chi connectivity index (χ0n) is 17.6. The van der Waals surface area contributed by atoms with Crippen molar-refractivity contribution >= 4 is 11.5 Å².